The zero-order valence-electron chi connectivity index (χ0n) is 15.6. The first-order valence-corrected chi connectivity index (χ1v) is 10.2. The number of hydrogen-bond acceptors (Lipinski definition) is 3. The lowest BCUT2D eigenvalue weighted by Crippen LogP contribution is -2.47. The summed E-state index contributed by atoms with van der Waals surface area (Å²) in [5.74, 6) is -0.619. The molecule has 0 aliphatic heterocycles. The van der Waals surface area contributed by atoms with Crippen molar-refractivity contribution in [2.75, 3.05) is 10.6 Å². The molecule has 0 aliphatic carbocycles. The van der Waals surface area contributed by atoms with E-state index in [2.05, 4.69) is 5.32 Å². The van der Waals surface area contributed by atoms with Crippen LogP contribution in [0.1, 0.15) is 23.6 Å². The normalized spacial score (nSPS) is 13.1. The molecule has 1 amide bonds. The largest absolute Gasteiger partial charge is 0.416 e. The summed E-state index contributed by atoms with van der Waals surface area (Å²) in [5, 5.41) is 2.64. The highest BCUT2D eigenvalue weighted by molar-refractivity contribution is 7.92. The minimum atomic E-state index is -4.63. The molecule has 2 aromatic carbocycles. The number of carbonyl (C=O) groups is 1. The summed E-state index contributed by atoms with van der Waals surface area (Å²) in [6.07, 6.45) is -3.78. The second kappa shape index (κ2) is 8.22. The summed E-state index contributed by atoms with van der Waals surface area (Å²) in [4.78, 5) is 12.5. The first-order valence-electron chi connectivity index (χ1n) is 8.40. The first kappa shape index (κ1) is 21.7. The van der Waals surface area contributed by atoms with Crippen LogP contribution in [0, 0.1) is 6.92 Å². The molecule has 9 heteroatoms. The van der Waals surface area contributed by atoms with Gasteiger partial charge in [-0.15, -0.1) is 0 Å². The summed E-state index contributed by atoms with van der Waals surface area (Å²) in [6.45, 7) is 3.38. The van der Waals surface area contributed by atoms with Crippen molar-refractivity contribution in [1.29, 1.82) is 0 Å². The van der Waals surface area contributed by atoms with Crippen molar-refractivity contribution in [2.45, 2.75) is 32.6 Å². The molecule has 0 saturated carbocycles. The summed E-state index contributed by atoms with van der Waals surface area (Å²) in [5.41, 5.74) is 0.586. The SMILES string of the molecule is Cc1ccccc1CNC(=O)[C@H](C)N(c1cccc(C(F)(F)F)c1)S(C)(=O)=O. The quantitative estimate of drug-likeness (QED) is 0.787. The van der Waals surface area contributed by atoms with Crippen LogP contribution < -0.4 is 9.62 Å². The lowest BCUT2D eigenvalue weighted by atomic mass is 10.1. The molecule has 0 bridgehead atoms. The van der Waals surface area contributed by atoms with E-state index < -0.39 is 33.7 Å². The maximum Gasteiger partial charge on any atom is 0.416 e. The molecule has 0 saturated heterocycles. The van der Waals surface area contributed by atoms with Crippen molar-refractivity contribution in [3.05, 3.63) is 65.2 Å². The summed E-state index contributed by atoms with van der Waals surface area (Å²) >= 11 is 0. The van der Waals surface area contributed by atoms with Gasteiger partial charge >= 0.3 is 6.18 Å². The van der Waals surface area contributed by atoms with E-state index in [1.165, 1.54) is 13.0 Å². The third-order valence-corrected chi connectivity index (χ3v) is 5.47. The van der Waals surface area contributed by atoms with Gasteiger partial charge in [0.15, 0.2) is 0 Å². The maximum atomic E-state index is 13.0. The zero-order chi connectivity index (χ0) is 21.1. The number of amides is 1. The average molecular weight is 414 g/mol. The Kier molecular flexibility index (Phi) is 6.38. The Bertz CT molecular complexity index is 959. The number of halogens is 3. The van der Waals surface area contributed by atoms with E-state index in [1.54, 1.807) is 0 Å². The average Bonchev–Trinajstić information content (AvgIpc) is 2.59. The molecule has 28 heavy (non-hydrogen) atoms. The minimum Gasteiger partial charge on any atom is -0.350 e. The number of hydrogen-bond donors (Lipinski definition) is 1. The Morgan fingerprint density at radius 3 is 2.36 bits per heavy atom. The number of rotatable bonds is 6. The van der Waals surface area contributed by atoms with E-state index >= 15 is 0 Å². The fourth-order valence-corrected chi connectivity index (χ4v) is 3.93. The van der Waals surface area contributed by atoms with Gasteiger partial charge in [0.05, 0.1) is 17.5 Å². The smallest absolute Gasteiger partial charge is 0.350 e. The highest BCUT2D eigenvalue weighted by atomic mass is 32.2. The van der Waals surface area contributed by atoms with Crippen LogP contribution in [0.25, 0.3) is 0 Å². The molecule has 5 nitrogen and oxygen atoms in total. The Hall–Kier alpha value is -2.55. The number of aryl methyl sites for hydroxylation is 1. The van der Waals surface area contributed by atoms with E-state index in [0.717, 1.165) is 29.5 Å². The van der Waals surface area contributed by atoms with Crippen LogP contribution >= 0.6 is 0 Å². The topological polar surface area (TPSA) is 66.5 Å². The van der Waals surface area contributed by atoms with E-state index in [0.29, 0.717) is 10.4 Å². The number of anilines is 1. The third-order valence-electron chi connectivity index (χ3n) is 4.23. The maximum absolute atomic E-state index is 13.0. The molecule has 0 radical (unpaired) electrons. The molecular formula is C19H21F3N2O3S. The fraction of sp³-hybridized carbons (Fsp3) is 0.316. The zero-order valence-corrected chi connectivity index (χ0v) is 16.4. The van der Waals surface area contributed by atoms with E-state index in [-0.39, 0.29) is 12.2 Å². The molecule has 0 unspecified atom stereocenters. The van der Waals surface area contributed by atoms with Gasteiger partial charge in [-0.05, 0) is 43.2 Å². The predicted octanol–water partition coefficient (Wildman–Crippen LogP) is 3.48. The predicted molar refractivity (Wildman–Crippen MR) is 101 cm³/mol. The van der Waals surface area contributed by atoms with Crippen molar-refractivity contribution in [3.63, 3.8) is 0 Å². The number of sulfonamides is 1. The van der Waals surface area contributed by atoms with Gasteiger partial charge in [0.25, 0.3) is 0 Å². The molecule has 2 rings (SSSR count). The highest BCUT2D eigenvalue weighted by Gasteiger charge is 2.34. The highest BCUT2D eigenvalue weighted by Crippen LogP contribution is 2.32. The Morgan fingerprint density at radius 1 is 1.14 bits per heavy atom. The second-order valence-corrected chi connectivity index (χ2v) is 8.29. The molecule has 0 heterocycles. The fourth-order valence-electron chi connectivity index (χ4n) is 2.77. The van der Waals surface area contributed by atoms with Crippen LogP contribution in [0.15, 0.2) is 48.5 Å². The van der Waals surface area contributed by atoms with Crippen LogP contribution in [0.3, 0.4) is 0 Å². The van der Waals surface area contributed by atoms with E-state index in [1.807, 2.05) is 31.2 Å². The van der Waals surface area contributed by atoms with Gasteiger partial charge in [-0.3, -0.25) is 9.10 Å². The van der Waals surface area contributed by atoms with Crippen molar-refractivity contribution >= 4 is 21.6 Å². The van der Waals surface area contributed by atoms with E-state index in [9.17, 15) is 26.4 Å². The van der Waals surface area contributed by atoms with Crippen molar-refractivity contribution < 1.29 is 26.4 Å². The molecule has 1 N–H and O–H groups in total. The molecular weight excluding hydrogens is 393 g/mol. The molecule has 1 atom stereocenters. The molecule has 152 valence electrons. The van der Waals surface area contributed by atoms with Gasteiger partial charge < -0.3 is 5.32 Å². The summed E-state index contributed by atoms with van der Waals surface area (Å²) in [6, 6.07) is 10.0. The minimum absolute atomic E-state index is 0.177. The summed E-state index contributed by atoms with van der Waals surface area (Å²) in [7, 11) is -4.01. The monoisotopic (exact) mass is 414 g/mol. The van der Waals surface area contributed by atoms with Crippen LogP contribution in [-0.4, -0.2) is 26.6 Å². The Labute approximate surface area is 162 Å². The van der Waals surface area contributed by atoms with Crippen LogP contribution in [0.2, 0.25) is 0 Å². The first-order chi connectivity index (χ1) is 12.9. The third kappa shape index (κ3) is 5.25. The lowest BCUT2D eigenvalue weighted by molar-refractivity contribution is -0.137. The number of benzene rings is 2. The number of carbonyl (C=O) groups excluding carboxylic acids is 1. The molecule has 0 fully saturated rings. The molecule has 0 aliphatic rings. The van der Waals surface area contributed by atoms with Crippen LogP contribution in [0.5, 0.6) is 0 Å². The molecule has 2 aromatic rings. The second-order valence-electron chi connectivity index (χ2n) is 6.43. The molecule has 0 spiro atoms. The van der Waals surface area contributed by atoms with Gasteiger partial charge in [0.2, 0.25) is 15.9 Å². The lowest BCUT2D eigenvalue weighted by Gasteiger charge is -2.28. The van der Waals surface area contributed by atoms with Crippen molar-refractivity contribution in [1.82, 2.24) is 5.32 Å². The molecule has 0 aromatic heterocycles. The number of nitrogens with zero attached hydrogens (tertiary/aromatic N) is 1. The Balaban J connectivity index is 2.28. The Morgan fingerprint density at radius 2 is 1.79 bits per heavy atom. The van der Waals surface area contributed by atoms with Crippen LogP contribution in [0.4, 0.5) is 18.9 Å². The van der Waals surface area contributed by atoms with Gasteiger partial charge in [-0.25, -0.2) is 8.42 Å². The standard InChI is InChI=1S/C19H21F3N2O3S/c1-13-7-4-5-8-15(13)12-23-18(25)14(2)24(28(3,26)27)17-10-6-9-16(11-17)19(20,21)22/h4-11,14H,12H2,1-3H3,(H,23,25)/t14-/m0/s1. The van der Waals surface area contributed by atoms with Gasteiger partial charge in [0, 0.05) is 6.54 Å². The van der Waals surface area contributed by atoms with E-state index in [4.69, 9.17) is 0 Å². The van der Waals surface area contributed by atoms with Crippen LogP contribution in [-0.2, 0) is 27.5 Å². The van der Waals surface area contributed by atoms with Crippen molar-refractivity contribution in [2.24, 2.45) is 0 Å². The van der Waals surface area contributed by atoms with Gasteiger partial charge in [-0.2, -0.15) is 13.2 Å². The number of nitrogens with one attached hydrogen (secondary N) is 1. The van der Waals surface area contributed by atoms with Crippen molar-refractivity contribution in [3.8, 4) is 0 Å². The summed E-state index contributed by atoms with van der Waals surface area (Å²) < 4.78 is 64.1. The van der Waals surface area contributed by atoms with Gasteiger partial charge in [-0.1, -0.05) is 30.3 Å². The number of alkyl halides is 3. The van der Waals surface area contributed by atoms with Gasteiger partial charge in [0.1, 0.15) is 6.04 Å².